The summed E-state index contributed by atoms with van der Waals surface area (Å²) < 4.78 is 5.72. The van der Waals surface area contributed by atoms with Crippen LogP contribution in [-0.2, 0) is 6.54 Å². The van der Waals surface area contributed by atoms with Crippen LogP contribution in [0.15, 0.2) is 48.5 Å². The van der Waals surface area contributed by atoms with Crippen LogP contribution in [0.5, 0.6) is 5.75 Å². The fraction of sp³-hybridized carbons (Fsp3) is 0.435. The molecule has 1 fully saturated rings. The van der Waals surface area contributed by atoms with Crippen LogP contribution in [0.1, 0.15) is 41.3 Å². The lowest BCUT2D eigenvalue weighted by Gasteiger charge is -2.30. The van der Waals surface area contributed by atoms with Crippen molar-refractivity contribution in [2.45, 2.75) is 33.2 Å². The molecule has 27 heavy (non-hydrogen) atoms. The van der Waals surface area contributed by atoms with Gasteiger partial charge in [0.05, 0.1) is 6.54 Å². The smallest absolute Gasteiger partial charge is 0.251 e. The minimum absolute atomic E-state index is 0.0541. The van der Waals surface area contributed by atoms with Crippen LogP contribution in [0.4, 0.5) is 0 Å². The van der Waals surface area contributed by atoms with Crippen molar-refractivity contribution >= 4 is 5.91 Å². The molecule has 1 amide bonds. The standard InChI is InChI=1S/C23H30N2O2/c1-18-6-5-14-25(16-18)17-20-9-11-21(12-10-20)23(26)24-13-15-27-22-8-4-3-7-19(22)2/h3-4,7-12,18H,5-6,13-17H2,1-2H3,(H,24,26)/t18-/m0/s1. The summed E-state index contributed by atoms with van der Waals surface area (Å²) in [6, 6.07) is 15.9. The third-order valence-electron chi connectivity index (χ3n) is 5.10. The molecule has 1 N–H and O–H groups in total. The van der Waals surface area contributed by atoms with E-state index in [2.05, 4.69) is 29.3 Å². The van der Waals surface area contributed by atoms with Crippen molar-refractivity contribution < 1.29 is 9.53 Å². The van der Waals surface area contributed by atoms with Crippen LogP contribution in [-0.4, -0.2) is 37.0 Å². The van der Waals surface area contributed by atoms with Crippen molar-refractivity contribution in [1.82, 2.24) is 10.2 Å². The molecule has 1 aliphatic heterocycles. The largest absolute Gasteiger partial charge is 0.491 e. The van der Waals surface area contributed by atoms with Gasteiger partial charge < -0.3 is 10.1 Å². The number of nitrogens with zero attached hydrogens (tertiary/aromatic N) is 1. The van der Waals surface area contributed by atoms with Crippen LogP contribution in [0.2, 0.25) is 0 Å². The van der Waals surface area contributed by atoms with E-state index in [4.69, 9.17) is 4.74 Å². The van der Waals surface area contributed by atoms with Gasteiger partial charge in [-0.25, -0.2) is 0 Å². The van der Waals surface area contributed by atoms with Crippen molar-refractivity contribution in [3.8, 4) is 5.75 Å². The fourth-order valence-corrected chi connectivity index (χ4v) is 3.60. The molecule has 4 heteroatoms. The van der Waals surface area contributed by atoms with E-state index in [-0.39, 0.29) is 5.91 Å². The molecule has 0 aromatic heterocycles. The number of piperidine rings is 1. The summed E-state index contributed by atoms with van der Waals surface area (Å²) in [5.74, 6) is 1.59. The van der Waals surface area contributed by atoms with Crippen LogP contribution in [0.3, 0.4) is 0 Å². The van der Waals surface area contributed by atoms with Gasteiger partial charge in [-0.15, -0.1) is 0 Å². The molecule has 1 atom stereocenters. The fourth-order valence-electron chi connectivity index (χ4n) is 3.60. The zero-order valence-corrected chi connectivity index (χ0v) is 16.4. The Kier molecular flexibility index (Phi) is 6.88. The zero-order valence-electron chi connectivity index (χ0n) is 16.4. The van der Waals surface area contributed by atoms with Crippen LogP contribution >= 0.6 is 0 Å². The van der Waals surface area contributed by atoms with E-state index in [0.29, 0.717) is 18.7 Å². The molecule has 1 heterocycles. The van der Waals surface area contributed by atoms with Crippen molar-refractivity contribution in [2.75, 3.05) is 26.2 Å². The van der Waals surface area contributed by atoms with Crippen LogP contribution in [0, 0.1) is 12.8 Å². The number of rotatable bonds is 7. The van der Waals surface area contributed by atoms with Gasteiger partial charge in [0.1, 0.15) is 12.4 Å². The summed E-state index contributed by atoms with van der Waals surface area (Å²) in [6.45, 7) is 8.60. The molecule has 3 rings (SSSR count). The van der Waals surface area contributed by atoms with Gasteiger partial charge in [0.15, 0.2) is 0 Å². The zero-order chi connectivity index (χ0) is 19.1. The molecule has 0 bridgehead atoms. The highest BCUT2D eigenvalue weighted by atomic mass is 16.5. The molecule has 4 nitrogen and oxygen atoms in total. The molecule has 0 aliphatic carbocycles. The molecule has 0 spiro atoms. The van der Waals surface area contributed by atoms with Crippen LogP contribution in [0.25, 0.3) is 0 Å². The minimum atomic E-state index is -0.0541. The molecule has 2 aromatic rings. The number of hydrogen-bond acceptors (Lipinski definition) is 3. The van der Waals surface area contributed by atoms with Gasteiger partial charge in [0, 0.05) is 18.7 Å². The number of amides is 1. The first-order chi connectivity index (χ1) is 13.1. The van der Waals surface area contributed by atoms with Gasteiger partial charge in [-0.2, -0.15) is 0 Å². The van der Waals surface area contributed by atoms with Crippen molar-refractivity contribution in [1.29, 1.82) is 0 Å². The summed E-state index contributed by atoms with van der Waals surface area (Å²) >= 11 is 0. The maximum atomic E-state index is 12.3. The molecule has 0 radical (unpaired) electrons. The third-order valence-corrected chi connectivity index (χ3v) is 5.10. The number of para-hydroxylation sites is 1. The highest BCUT2D eigenvalue weighted by Crippen LogP contribution is 2.18. The molecule has 1 aliphatic rings. The Morgan fingerprint density at radius 2 is 1.96 bits per heavy atom. The Balaban J connectivity index is 1.42. The normalized spacial score (nSPS) is 17.5. The molecular weight excluding hydrogens is 336 g/mol. The van der Waals surface area contributed by atoms with E-state index in [9.17, 15) is 4.79 Å². The van der Waals surface area contributed by atoms with Crippen molar-refractivity contribution in [3.05, 3.63) is 65.2 Å². The van der Waals surface area contributed by atoms with Crippen LogP contribution < -0.4 is 10.1 Å². The molecule has 0 unspecified atom stereocenters. The maximum Gasteiger partial charge on any atom is 0.251 e. The quantitative estimate of drug-likeness (QED) is 0.752. The second kappa shape index (κ2) is 9.56. The summed E-state index contributed by atoms with van der Waals surface area (Å²) in [5.41, 5.74) is 3.06. The first-order valence-electron chi connectivity index (χ1n) is 9.90. The number of hydrogen-bond donors (Lipinski definition) is 1. The average molecular weight is 367 g/mol. The molecule has 1 saturated heterocycles. The van der Waals surface area contributed by atoms with Gasteiger partial charge in [0.2, 0.25) is 0 Å². The Morgan fingerprint density at radius 3 is 2.70 bits per heavy atom. The Hall–Kier alpha value is -2.33. The maximum absolute atomic E-state index is 12.3. The van der Waals surface area contributed by atoms with Gasteiger partial charge in [-0.1, -0.05) is 37.3 Å². The van der Waals surface area contributed by atoms with Gasteiger partial charge in [-0.05, 0) is 61.6 Å². The number of carbonyl (C=O) groups is 1. The van der Waals surface area contributed by atoms with E-state index >= 15 is 0 Å². The summed E-state index contributed by atoms with van der Waals surface area (Å²) in [7, 11) is 0. The summed E-state index contributed by atoms with van der Waals surface area (Å²) in [4.78, 5) is 14.8. The van der Waals surface area contributed by atoms with E-state index in [1.165, 1.54) is 31.5 Å². The van der Waals surface area contributed by atoms with Gasteiger partial charge >= 0.3 is 0 Å². The molecule has 0 saturated carbocycles. The van der Waals surface area contributed by atoms with E-state index < -0.39 is 0 Å². The van der Waals surface area contributed by atoms with E-state index in [1.54, 1.807) is 0 Å². The highest BCUT2D eigenvalue weighted by molar-refractivity contribution is 5.94. The van der Waals surface area contributed by atoms with E-state index in [1.807, 2.05) is 43.3 Å². The molecule has 144 valence electrons. The number of benzene rings is 2. The lowest BCUT2D eigenvalue weighted by molar-refractivity contribution is 0.0947. The number of nitrogens with one attached hydrogen (secondary N) is 1. The average Bonchev–Trinajstić information content (AvgIpc) is 2.67. The Labute approximate surface area is 162 Å². The number of likely N-dealkylation sites (tertiary alicyclic amines) is 1. The third kappa shape index (κ3) is 5.83. The molecular formula is C23H30N2O2. The minimum Gasteiger partial charge on any atom is -0.491 e. The van der Waals surface area contributed by atoms with E-state index in [0.717, 1.165) is 23.8 Å². The van der Waals surface area contributed by atoms with Gasteiger partial charge in [0.25, 0.3) is 5.91 Å². The van der Waals surface area contributed by atoms with Crippen molar-refractivity contribution in [2.24, 2.45) is 5.92 Å². The molecule has 2 aromatic carbocycles. The second-order valence-electron chi connectivity index (χ2n) is 7.55. The Morgan fingerprint density at radius 1 is 1.19 bits per heavy atom. The van der Waals surface area contributed by atoms with Gasteiger partial charge in [-0.3, -0.25) is 9.69 Å². The second-order valence-corrected chi connectivity index (χ2v) is 7.55. The number of aryl methyl sites for hydroxylation is 1. The highest BCUT2D eigenvalue weighted by Gasteiger charge is 2.16. The lowest BCUT2D eigenvalue weighted by Crippen LogP contribution is -2.33. The summed E-state index contributed by atoms with van der Waals surface area (Å²) in [6.07, 6.45) is 2.62. The number of ether oxygens (including phenoxy) is 1. The first-order valence-corrected chi connectivity index (χ1v) is 9.90. The lowest BCUT2D eigenvalue weighted by atomic mass is 9.99. The summed E-state index contributed by atoms with van der Waals surface area (Å²) in [5, 5.41) is 2.92. The Bertz CT molecular complexity index is 742. The predicted octanol–water partition coefficient (Wildman–Crippen LogP) is 4.04. The van der Waals surface area contributed by atoms with Crippen molar-refractivity contribution in [3.63, 3.8) is 0 Å². The topological polar surface area (TPSA) is 41.6 Å². The SMILES string of the molecule is Cc1ccccc1OCCNC(=O)c1ccc(CN2CCC[C@H](C)C2)cc1. The first kappa shape index (κ1) is 19.4. The predicted molar refractivity (Wildman–Crippen MR) is 109 cm³/mol. The monoisotopic (exact) mass is 366 g/mol. The number of carbonyl (C=O) groups excluding carboxylic acids is 1.